The highest BCUT2D eigenvalue weighted by atomic mass is 32.2. The molecule has 10 heteroatoms. The fourth-order valence-corrected chi connectivity index (χ4v) is 5.14. The molecule has 0 aliphatic carbocycles. The number of benzene rings is 2. The highest BCUT2D eigenvalue weighted by Crippen LogP contribution is 2.30. The van der Waals surface area contributed by atoms with Gasteiger partial charge in [0.25, 0.3) is 5.91 Å². The van der Waals surface area contributed by atoms with Gasteiger partial charge in [0.05, 0.1) is 10.5 Å². The van der Waals surface area contributed by atoms with Crippen molar-refractivity contribution in [2.45, 2.75) is 16.8 Å². The summed E-state index contributed by atoms with van der Waals surface area (Å²) >= 11 is 1.69. The Balaban J connectivity index is 1.64. The SMILES string of the molecule is CSCc1ccc(C(=O)N2CCN(S(=O)(=O)c3ccc(C(F)(F)F)cc3)CC2)cc1. The van der Waals surface area contributed by atoms with Crippen LogP contribution in [0.2, 0.25) is 0 Å². The summed E-state index contributed by atoms with van der Waals surface area (Å²) in [6.07, 6.45) is -2.53. The second-order valence-corrected chi connectivity index (χ2v) is 9.65. The smallest absolute Gasteiger partial charge is 0.336 e. The largest absolute Gasteiger partial charge is 0.416 e. The van der Waals surface area contributed by atoms with E-state index in [0.29, 0.717) is 5.56 Å². The maximum Gasteiger partial charge on any atom is 0.416 e. The molecule has 1 heterocycles. The van der Waals surface area contributed by atoms with Gasteiger partial charge in [-0.25, -0.2) is 8.42 Å². The lowest BCUT2D eigenvalue weighted by Crippen LogP contribution is -2.50. The molecule has 0 radical (unpaired) electrons. The fraction of sp³-hybridized carbons (Fsp3) is 0.350. The predicted octanol–water partition coefficient (Wildman–Crippen LogP) is 3.72. The zero-order chi connectivity index (χ0) is 21.9. The van der Waals surface area contributed by atoms with Gasteiger partial charge in [-0.05, 0) is 48.2 Å². The van der Waals surface area contributed by atoms with Gasteiger partial charge in [-0.2, -0.15) is 29.2 Å². The normalized spacial score (nSPS) is 15.9. The molecule has 3 rings (SSSR count). The van der Waals surface area contributed by atoms with Crippen molar-refractivity contribution >= 4 is 27.7 Å². The van der Waals surface area contributed by atoms with Crippen LogP contribution in [0.15, 0.2) is 53.4 Å². The molecule has 0 unspecified atom stereocenters. The standard InChI is InChI=1S/C20H21F3N2O3S2/c1-29-14-15-2-4-16(5-3-15)19(26)24-10-12-25(13-11-24)30(27,28)18-8-6-17(7-9-18)20(21,22)23/h2-9H,10-14H2,1H3. The summed E-state index contributed by atoms with van der Waals surface area (Å²) in [4.78, 5) is 14.1. The van der Waals surface area contributed by atoms with Gasteiger partial charge in [0.2, 0.25) is 10.0 Å². The third kappa shape index (κ3) is 4.98. The number of hydrogen-bond donors (Lipinski definition) is 0. The molecule has 0 saturated carbocycles. The lowest BCUT2D eigenvalue weighted by molar-refractivity contribution is -0.137. The minimum Gasteiger partial charge on any atom is -0.336 e. The lowest BCUT2D eigenvalue weighted by Gasteiger charge is -2.34. The number of piperazine rings is 1. The van der Waals surface area contributed by atoms with Crippen LogP contribution >= 0.6 is 11.8 Å². The summed E-state index contributed by atoms with van der Waals surface area (Å²) in [6.45, 7) is 0.593. The van der Waals surface area contributed by atoms with Crippen molar-refractivity contribution in [1.82, 2.24) is 9.21 Å². The van der Waals surface area contributed by atoms with Crippen molar-refractivity contribution in [3.05, 3.63) is 65.2 Å². The molecule has 1 aliphatic rings. The maximum atomic E-state index is 12.7. The molecule has 1 amide bonds. The summed E-state index contributed by atoms with van der Waals surface area (Å²) in [5.41, 5.74) is 0.755. The molecule has 1 saturated heterocycles. The van der Waals surface area contributed by atoms with E-state index in [9.17, 15) is 26.4 Å². The average molecular weight is 459 g/mol. The van der Waals surface area contributed by atoms with Crippen LogP contribution in [0.25, 0.3) is 0 Å². The predicted molar refractivity (Wildman–Crippen MR) is 110 cm³/mol. The number of halogens is 3. The van der Waals surface area contributed by atoms with Crippen molar-refractivity contribution in [3.8, 4) is 0 Å². The maximum absolute atomic E-state index is 12.7. The first-order valence-corrected chi connectivity index (χ1v) is 12.0. The molecule has 1 fully saturated rings. The number of carbonyl (C=O) groups is 1. The number of thioether (sulfide) groups is 1. The molecule has 162 valence electrons. The Morgan fingerprint density at radius 3 is 2.03 bits per heavy atom. The summed E-state index contributed by atoms with van der Waals surface area (Å²) in [5.74, 6) is 0.687. The van der Waals surface area contributed by atoms with Gasteiger partial charge in [0.15, 0.2) is 0 Å². The third-order valence-corrected chi connectivity index (χ3v) is 7.39. The minimum absolute atomic E-state index is 0.0830. The first kappa shape index (κ1) is 22.6. The van der Waals surface area contributed by atoms with Crippen molar-refractivity contribution in [3.63, 3.8) is 0 Å². The second-order valence-electron chi connectivity index (χ2n) is 6.85. The van der Waals surface area contributed by atoms with Crippen LogP contribution in [-0.2, 0) is 22.0 Å². The molecule has 0 N–H and O–H groups in total. The Kier molecular flexibility index (Phi) is 6.78. The number of hydrogen-bond acceptors (Lipinski definition) is 4. The van der Waals surface area contributed by atoms with Crippen LogP contribution in [0.1, 0.15) is 21.5 Å². The zero-order valence-electron chi connectivity index (χ0n) is 16.2. The van der Waals surface area contributed by atoms with E-state index in [4.69, 9.17) is 0 Å². The highest BCUT2D eigenvalue weighted by molar-refractivity contribution is 7.97. The van der Waals surface area contributed by atoms with Gasteiger partial charge >= 0.3 is 6.18 Å². The highest BCUT2D eigenvalue weighted by Gasteiger charge is 2.33. The van der Waals surface area contributed by atoms with Gasteiger partial charge in [-0.15, -0.1) is 0 Å². The molecule has 0 aromatic heterocycles. The third-order valence-electron chi connectivity index (χ3n) is 4.86. The molecule has 5 nitrogen and oxygen atoms in total. The van der Waals surface area contributed by atoms with E-state index < -0.39 is 21.8 Å². The van der Waals surface area contributed by atoms with Gasteiger partial charge in [0, 0.05) is 37.5 Å². The number of rotatable bonds is 5. The van der Waals surface area contributed by atoms with Gasteiger partial charge in [-0.3, -0.25) is 4.79 Å². The van der Waals surface area contributed by atoms with Gasteiger partial charge in [0.1, 0.15) is 0 Å². The van der Waals surface area contributed by atoms with Gasteiger partial charge < -0.3 is 4.90 Å². The summed E-state index contributed by atoms with van der Waals surface area (Å²) in [5, 5.41) is 0. The van der Waals surface area contributed by atoms with E-state index in [0.717, 1.165) is 35.6 Å². The van der Waals surface area contributed by atoms with E-state index >= 15 is 0 Å². The summed E-state index contributed by atoms with van der Waals surface area (Å²) in [6, 6.07) is 10.8. The molecule has 0 atom stereocenters. The number of nitrogens with zero attached hydrogens (tertiary/aromatic N) is 2. The molecule has 2 aromatic carbocycles. The Labute approximate surface area is 177 Å². The van der Waals surface area contributed by atoms with Crippen molar-refractivity contribution in [2.75, 3.05) is 32.4 Å². The summed E-state index contributed by atoms with van der Waals surface area (Å²) in [7, 11) is -3.92. The van der Waals surface area contributed by atoms with E-state index in [1.54, 1.807) is 28.8 Å². The Bertz CT molecular complexity index is 983. The number of alkyl halides is 3. The molecular formula is C20H21F3N2O3S2. The monoisotopic (exact) mass is 458 g/mol. The van der Waals surface area contributed by atoms with Crippen molar-refractivity contribution in [1.29, 1.82) is 0 Å². The number of carbonyl (C=O) groups excluding carboxylic acids is 1. The van der Waals surface area contributed by atoms with Crippen LogP contribution in [0.4, 0.5) is 13.2 Å². The molecule has 0 spiro atoms. The van der Waals surface area contributed by atoms with E-state index in [1.165, 1.54) is 4.31 Å². The second kappa shape index (κ2) is 8.99. The number of sulfonamides is 1. The molecule has 1 aliphatic heterocycles. The number of amides is 1. The van der Waals surface area contributed by atoms with E-state index in [-0.39, 0.29) is 37.0 Å². The minimum atomic E-state index is -4.53. The Morgan fingerprint density at radius 1 is 0.967 bits per heavy atom. The van der Waals surface area contributed by atoms with Gasteiger partial charge in [-0.1, -0.05) is 12.1 Å². The lowest BCUT2D eigenvalue weighted by atomic mass is 10.1. The van der Waals surface area contributed by atoms with Crippen LogP contribution < -0.4 is 0 Å². The van der Waals surface area contributed by atoms with Crippen LogP contribution in [0.3, 0.4) is 0 Å². The molecule has 2 aromatic rings. The van der Waals surface area contributed by atoms with Crippen LogP contribution in [0, 0.1) is 0 Å². The quantitative estimate of drug-likeness (QED) is 0.686. The Morgan fingerprint density at radius 2 is 1.53 bits per heavy atom. The summed E-state index contributed by atoms with van der Waals surface area (Å²) < 4.78 is 64.7. The van der Waals surface area contributed by atoms with Crippen molar-refractivity contribution in [2.24, 2.45) is 0 Å². The van der Waals surface area contributed by atoms with Crippen molar-refractivity contribution < 1.29 is 26.4 Å². The first-order valence-electron chi connectivity index (χ1n) is 9.17. The first-order chi connectivity index (χ1) is 14.1. The average Bonchev–Trinajstić information content (AvgIpc) is 2.73. The zero-order valence-corrected chi connectivity index (χ0v) is 17.9. The van der Waals surface area contributed by atoms with E-state index in [1.807, 2.05) is 18.4 Å². The van der Waals surface area contributed by atoms with Crippen LogP contribution in [-0.4, -0.2) is 56.0 Å². The Hall–Kier alpha value is -2.04. The van der Waals surface area contributed by atoms with Crippen LogP contribution in [0.5, 0.6) is 0 Å². The molecule has 0 bridgehead atoms. The topological polar surface area (TPSA) is 57.7 Å². The molecule has 30 heavy (non-hydrogen) atoms. The van der Waals surface area contributed by atoms with E-state index in [2.05, 4.69) is 0 Å². The molecular weight excluding hydrogens is 437 g/mol. The fourth-order valence-electron chi connectivity index (χ4n) is 3.19.